The molecule has 4 rings (SSSR count). The molecule has 2 aliphatic rings. The Kier molecular flexibility index (Phi) is 16.2. The van der Waals surface area contributed by atoms with Crippen molar-refractivity contribution in [1.82, 2.24) is 28.9 Å². The van der Waals surface area contributed by atoms with Crippen molar-refractivity contribution < 1.29 is 52.7 Å². The Hall–Kier alpha value is -4.99. The topological polar surface area (TPSA) is 235 Å². The molecule has 276 valence electrons. The van der Waals surface area contributed by atoms with E-state index in [4.69, 9.17) is 28.4 Å². The Morgan fingerprint density at radius 3 is 1.66 bits per heavy atom. The van der Waals surface area contributed by atoms with Crippen molar-refractivity contribution >= 4 is 30.4 Å². The lowest BCUT2D eigenvalue weighted by atomic mass is 10.3. The molecule has 50 heavy (non-hydrogen) atoms. The van der Waals surface area contributed by atoms with E-state index < -0.39 is 34.5 Å². The molecule has 2 atom stereocenters. The highest BCUT2D eigenvalue weighted by molar-refractivity contribution is 5.68. The van der Waals surface area contributed by atoms with Crippen LogP contribution in [0.3, 0.4) is 0 Å². The molecule has 4 heterocycles. The molecule has 2 unspecified atom stereocenters. The Morgan fingerprint density at radius 1 is 0.840 bits per heavy atom. The molecule has 0 radical (unpaired) electrons. The highest BCUT2D eigenvalue weighted by atomic mass is 16.6. The molecule has 2 fully saturated rings. The number of carbonyl (C=O) groups excluding carboxylic acids is 3. The van der Waals surface area contributed by atoms with Gasteiger partial charge in [-0.05, 0) is 35.5 Å². The van der Waals surface area contributed by atoms with Gasteiger partial charge >= 0.3 is 24.1 Å². The molecule has 2 amide bonds. The fraction of sp³-hybridized carbons (Fsp3) is 0.621. The van der Waals surface area contributed by atoms with Crippen LogP contribution in [0.15, 0.2) is 25.0 Å². The summed E-state index contributed by atoms with van der Waals surface area (Å²) in [5.41, 5.74) is 0.819. The molecule has 2 saturated heterocycles. The SMILES string of the molecule is C=CCOCC1OCCCCN1C(=O)OCc1cnc([N+](=O)[O-])n1C.Cn1c(COC(=O)N2CCCCOC2COCC=O)cnc1[N+](=O)[O-]. The molecule has 0 spiro atoms. The van der Waals surface area contributed by atoms with Crippen molar-refractivity contribution in [3.05, 3.63) is 56.7 Å². The molecule has 0 saturated carbocycles. The first-order valence-electron chi connectivity index (χ1n) is 15.7. The lowest BCUT2D eigenvalue weighted by molar-refractivity contribution is -0.396. The molecule has 0 bridgehead atoms. The third-order valence-electron chi connectivity index (χ3n) is 7.45. The van der Waals surface area contributed by atoms with Gasteiger partial charge < -0.3 is 53.4 Å². The van der Waals surface area contributed by atoms with Crippen LogP contribution in [0.4, 0.5) is 21.5 Å². The summed E-state index contributed by atoms with van der Waals surface area (Å²) in [5.74, 6) is -0.635. The van der Waals surface area contributed by atoms with Crippen LogP contribution in [-0.4, -0.2) is 122 Å². The van der Waals surface area contributed by atoms with Gasteiger partial charge in [-0.3, -0.25) is 9.80 Å². The summed E-state index contributed by atoms with van der Waals surface area (Å²) in [6, 6.07) is 0. The maximum absolute atomic E-state index is 12.4. The van der Waals surface area contributed by atoms with Crippen molar-refractivity contribution in [3.63, 3.8) is 0 Å². The number of nitrogens with zero attached hydrogens (tertiary/aromatic N) is 8. The van der Waals surface area contributed by atoms with Crippen LogP contribution in [0.2, 0.25) is 0 Å². The summed E-state index contributed by atoms with van der Waals surface area (Å²) in [5, 5.41) is 21.6. The van der Waals surface area contributed by atoms with Gasteiger partial charge in [0.1, 0.15) is 25.3 Å². The van der Waals surface area contributed by atoms with Gasteiger partial charge in [0.05, 0.1) is 33.9 Å². The van der Waals surface area contributed by atoms with Crippen molar-refractivity contribution in [3.8, 4) is 0 Å². The van der Waals surface area contributed by atoms with E-state index in [-0.39, 0.29) is 44.9 Å². The summed E-state index contributed by atoms with van der Waals surface area (Å²) in [6.07, 6.45) is 5.67. The Morgan fingerprint density at radius 2 is 1.28 bits per heavy atom. The van der Waals surface area contributed by atoms with Gasteiger partial charge in [-0.15, -0.1) is 6.58 Å². The second kappa shape index (κ2) is 20.5. The zero-order valence-electron chi connectivity index (χ0n) is 28.0. The van der Waals surface area contributed by atoms with Gasteiger partial charge in [0.15, 0.2) is 37.1 Å². The summed E-state index contributed by atoms with van der Waals surface area (Å²) in [7, 11) is 2.97. The Labute approximate surface area is 286 Å². The standard InChI is InChI=1S/C15H22N4O6.C14H20N4O7/c1-3-7-23-11-13-18(6-4-5-8-24-13)15(20)25-10-12-9-16-14(17(12)2)19(21)22;1-16-11(8-15-13(16)18(21)22)9-25-14(20)17-4-2-3-6-24-12(17)10-23-7-5-19/h3,9,13H,1,4-8,10-11H2,2H3;5,8,12H,2-4,6-7,9-10H2,1H3. The molecular formula is C29H42N8O13. The number of rotatable bonds is 14. The summed E-state index contributed by atoms with van der Waals surface area (Å²) in [4.78, 5) is 65.7. The van der Waals surface area contributed by atoms with Gasteiger partial charge in [0.25, 0.3) is 0 Å². The second-order valence-corrected chi connectivity index (χ2v) is 10.8. The maximum atomic E-state index is 12.4. The van der Waals surface area contributed by atoms with Gasteiger partial charge in [-0.25, -0.2) is 18.7 Å². The molecule has 2 aromatic rings. The fourth-order valence-electron chi connectivity index (χ4n) is 4.75. The largest absolute Gasteiger partial charge is 0.441 e. The predicted octanol–water partition coefficient (Wildman–Crippen LogP) is 2.22. The summed E-state index contributed by atoms with van der Waals surface area (Å²) in [6.45, 7) is 5.80. The number of carbonyl (C=O) groups is 3. The molecule has 21 heteroatoms. The van der Waals surface area contributed by atoms with E-state index in [1.807, 2.05) is 0 Å². The van der Waals surface area contributed by atoms with Crippen LogP contribution in [0, 0.1) is 20.2 Å². The zero-order valence-corrected chi connectivity index (χ0v) is 28.0. The van der Waals surface area contributed by atoms with Crippen LogP contribution < -0.4 is 0 Å². The third-order valence-corrected chi connectivity index (χ3v) is 7.45. The highest BCUT2D eigenvalue weighted by Gasteiger charge is 2.30. The maximum Gasteiger partial charge on any atom is 0.434 e. The second-order valence-electron chi connectivity index (χ2n) is 10.8. The van der Waals surface area contributed by atoms with Gasteiger partial charge in [-0.1, -0.05) is 16.0 Å². The van der Waals surface area contributed by atoms with Crippen LogP contribution in [0.5, 0.6) is 0 Å². The van der Waals surface area contributed by atoms with E-state index in [9.17, 15) is 34.6 Å². The van der Waals surface area contributed by atoms with Crippen molar-refractivity contribution in [2.75, 3.05) is 52.7 Å². The van der Waals surface area contributed by atoms with Crippen molar-refractivity contribution in [1.29, 1.82) is 0 Å². The minimum absolute atomic E-state index is 0.0605. The average molecular weight is 711 g/mol. The van der Waals surface area contributed by atoms with Crippen molar-refractivity contribution in [2.45, 2.75) is 51.4 Å². The van der Waals surface area contributed by atoms with E-state index in [1.165, 1.54) is 45.4 Å². The number of aldehydes is 1. The number of ether oxygens (including phenoxy) is 6. The minimum atomic E-state index is -0.643. The normalized spacial score (nSPS) is 17.8. The number of nitro groups is 2. The Bertz CT molecular complexity index is 1340. The first-order valence-corrected chi connectivity index (χ1v) is 15.7. The first kappa shape index (κ1) is 39.4. The van der Waals surface area contributed by atoms with Crippen LogP contribution >= 0.6 is 0 Å². The lowest BCUT2D eigenvalue weighted by Crippen LogP contribution is -2.44. The number of amides is 2. The highest BCUT2D eigenvalue weighted by Crippen LogP contribution is 2.17. The zero-order chi connectivity index (χ0) is 36.5. The Balaban J connectivity index is 0.000000270. The lowest BCUT2D eigenvalue weighted by Gasteiger charge is -2.28. The summed E-state index contributed by atoms with van der Waals surface area (Å²) < 4.78 is 34.8. The van der Waals surface area contributed by atoms with Gasteiger partial charge in [0.2, 0.25) is 0 Å². The van der Waals surface area contributed by atoms with Crippen LogP contribution in [0.25, 0.3) is 0 Å². The predicted molar refractivity (Wildman–Crippen MR) is 169 cm³/mol. The van der Waals surface area contributed by atoms with E-state index in [0.717, 1.165) is 25.7 Å². The minimum Gasteiger partial charge on any atom is -0.441 e. The van der Waals surface area contributed by atoms with Gasteiger partial charge in [-0.2, -0.15) is 0 Å². The monoisotopic (exact) mass is 710 g/mol. The van der Waals surface area contributed by atoms with Crippen LogP contribution in [-0.2, 0) is 60.5 Å². The van der Waals surface area contributed by atoms with Crippen molar-refractivity contribution in [2.24, 2.45) is 14.1 Å². The number of imidazole rings is 2. The quantitative estimate of drug-likeness (QED) is 0.0898. The van der Waals surface area contributed by atoms with Crippen LogP contribution in [0.1, 0.15) is 37.1 Å². The first-order chi connectivity index (χ1) is 24.1. The van der Waals surface area contributed by atoms with Gasteiger partial charge in [0, 0.05) is 26.3 Å². The summed E-state index contributed by atoms with van der Waals surface area (Å²) >= 11 is 0. The number of aromatic nitrogens is 4. The number of hydrogen-bond acceptors (Lipinski definition) is 15. The fourth-order valence-corrected chi connectivity index (χ4v) is 4.75. The smallest absolute Gasteiger partial charge is 0.434 e. The molecular weight excluding hydrogens is 668 g/mol. The third kappa shape index (κ3) is 11.6. The molecule has 2 aromatic heterocycles. The number of hydrogen-bond donors (Lipinski definition) is 0. The van der Waals surface area contributed by atoms with E-state index >= 15 is 0 Å². The van der Waals surface area contributed by atoms with E-state index in [1.54, 1.807) is 6.08 Å². The molecule has 0 aromatic carbocycles. The van der Waals surface area contributed by atoms with E-state index in [0.29, 0.717) is 50.6 Å². The van der Waals surface area contributed by atoms with E-state index in [2.05, 4.69) is 16.5 Å². The average Bonchev–Trinajstić information content (AvgIpc) is 3.43. The molecule has 0 N–H and O–H groups in total. The molecule has 0 aliphatic carbocycles. The molecule has 21 nitrogen and oxygen atoms in total. The molecule has 2 aliphatic heterocycles.